The van der Waals surface area contributed by atoms with Crippen LogP contribution in [0.25, 0.3) is 0 Å². The van der Waals surface area contributed by atoms with Crippen LogP contribution >= 0.6 is 0 Å². The van der Waals surface area contributed by atoms with Gasteiger partial charge < -0.3 is 25.6 Å². The highest BCUT2D eigenvalue weighted by atomic mass is 32.2. The van der Waals surface area contributed by atoms with Gasteiger partial charge in [-0.3, -0.25) is 9.59 Å². The van der Waals surface area contributed by atoms with Crippen molar-refractivity contribution in [2.75, 3.05) is 26.3 Å². The first-order valence-electron chi connectivity index (χ1n) is 13.4. The van der Waals surface area contributed by atoms with E-state index in [2.05, 4.69) is 17.2 Å². The average molecular weight is 544 g/mol. The Morgan fingerprint density at radius 3 is 2.35 bits per heavy atom. The summed E-state index contributed by atoms with van der Waals surface area (Å²) in [5.74, 6) is -0.748. The van der Waals surface area contributed by atoms with Gasteiger partial charge in [0.15, 0.2) is 0 Å². The van der Waals surface area contributed by atoms with Crippen LogP contribution in [0.15, 0.2) is 24.1 Å². The van der Waals surface area contributed by atoms with Crippen molar-refractivity contribution >= 4 is 21.8 Å². The van der Waals surface area contributed by atoms with Crippen LogP contribution in [0.2, 0.25) is 0 Å². The van der Waals surface area contributed by atoms with Gasteiger partial charge in [-0.2, -0.15) is 4.31 Å². The zero-order valence-electron chi connectivity index (χ0n) is 22.2. The number of hydrogen-bond acceptors (Lipinski definition) is 7. The number of amides is 2. The van der Waals surface area contributed by atoms with Crippen LogP contribution in [0, 0.1) is 11.8 Å². The number of sulfonamides is 1. The van der Waals surface area contributed by atoms with Gasteiger partial charge in [-0.15, -0.1) is 6.58 Å². The van der Waals surface area contributed by atoms with Crippen LogP contribution in [0.4, 0.5) is 0 Å². The van der Waals surface area contributed by atoms with Crippen molar-refractivity contribution in [3.63, 3.8) is 0 Å². The third-order valence-corrected chi connectivity index (χ3v) is 8.48. The monoisotopic (exact) mass is 543 g/mol. The molecule has 1 aliphatic carbocycles. The van der Waals surface area contributed by atoms with E-state index in [1.54, 1.807) is 0 Å². The Bertz CT molecular complexity index is 865. The van der Waals surface area contributed by atoms with E-state index in [-0.39, 0.29) is 25.4 Å². The Hall–Kier alpha value is -1.79. The molecule has 2 fully saturated rings. The second kappa shape index (κ2) is 15.6. The van der Waals surface area contributed by atoms with Crippen LogP contribution < -0.4 is 10.6 Å². The summed E-state index contributed by atoms with van der Waals surface area (Å²) < 4.78 is 31.3. The van der Waals surface area contributed by atoms with Crippen LogP contribution in [0.3, 0.4) is 0 Å². The lowest BCUT2D eigenvalue weighted by atomic mass is 9.82. The largest absolute Gasteiger partial charge is 0.390 e. The summed E-state index contributed by atoms with van der Waals surface area (Å²) in [7, 11) is -3.78. The maximum absolute atomic E-state index is 13.2. The predicted octanol–water partition coefficient (Wildman–Crippen LogP) is 1.45. The van der Waals surface area contributed by atoms with E-state index in [1.165, 1.54) is 16.8 Å². The van der Waals surface area contributed by atoms with Crippen LogP contribution in [-0.4, -0.2) is 85.3 Å². The van der Waals surface area contributed by atoms with Gasteiger partial charge in [-0.25, -0.2) is 8.42 Å². The molecule has 0 bridgehead atoms. The Labute approximate surface area is 221 Å². The highest BCUT2D eigenvalue weighted by Gasteiger charge is 2.33. The summed E-state index contributed by atoms with van der Waals surface area (Å²) in [6.07, 6.45) is 6.69. The van der Waals surface area contributed by atoms with Crippen LogP contribution in [-0.2, 0) is 24.3 Å². The van der Waals surface area contributed by atoms with Gasteiger partial charge >= 0.3 is 0 Å². The van der Waals surface area contributed by atoms with Gasteiger partial charge in [-0.05, 0) is 31.1 Å². The zero-order chi connectivity index (χ0) is 27.4. The number of aliphatic hydroxyl groups excluding tert-OH is 2. The van der Waals surface area contributed by atoms with E-state index in [0.717, 1.165) is 37.2 Å². The minimum absolute atomic E-state index is 0.114. The second-order valence-corrected chi connectivity index (χ2v) is 12.3. The van der Waals surface area contributed by atoms with Gasteiger partial charge in [0.25, 0.3) is 0 Å². The first kappa shape index (κ1) is 31.4. The number of ether oxygens (including phenoxy) is 1. The van der Waals surface area contributed by atoms with Crippen molar-refractivity contribution in [3.05, 3.63) is 24.1 Å². The number of carbonyl (C=O) groups excluding carboxylic acids is 2. The Morgan fingerprint density at radius 2 is 1.76 bits per heavy atom. The molecule has 0 spiro atoms. The molecule has 1 saturated heterocycles. The van der Waals surface area contributed by atoms with Crippen molar-refractivity contribution in [2.24, 2.45) is 11.8 Å². The van der Waals surface area contributed by atoms with Crippen molar-refractivity contribution in [1.82, 2.24) is 14.9 Å². The minimum Gasteiger partial charge on any atom is -0.390 e. The van der Waals surface area contributed by atoms with E-state index in [9.17, 15) is 28.2 Å². The quantitative estimate of drug-likeness (QED) is 0.192. The Balaban J connectivity index is 2.07. The Kier molecular flexibility index (Phi) is 13.2. The van der Waals surface area contributed by atoms with Gasteiger partial charge in [-0.1, -0.05) is 52.0 Å². The summed E-state index contributed by atoms with van der Waals surface area (Å²) in [5.41, 5.74) is 0. The lowest BCUT2D eigenvalue weighted by molar-refractivity contribution is -0.129. The molecule has 0 aromatic carbocycles. The van der Waals surface area contributed by atoms with Crippen molar-refractivity contribution in [1.29, 1.82) is 0 Å². The van der Waals surface area contributed by atoms with Crippen molar-refractivity contribution in [2.45, 2.75) is 89.5 Å². The van der Waals surface area contributed by atoms with Crippen molar-refractivity contribution < 1.29 is 33.0 Å². The van der Waals surface area contributed by atoms with E-state index in [4.69, 9.17) is 4.74 Å². The topological polar surface area (TPSA) is 145 Å². The van der Waals surface area contributed by atoms with E-state index in [1.807, 2.05) is 13.8 Å². The highest BCUT2D eigenvalue weighted by Crippen LogP contribution is 2.29. The molecule has 4 N–H and O–H groups in total. The number of aliphatic hydroxyl groups is 2. The SMILES string of the molecule is C=CC[C@H](NC(=O)/C=C/S(=O)(=O)N1CCOCC1)C(=O)N[C@@H](CC1CCCCC1)[C@@H](O)[C@@H](O)CC(C)C. The predicted molar refractivity (Wildman–Crippen MR) is 142 cm³/mol. The maximum Gasteiger partial charge on any atom is 0.245 e. The number of hydrogen-bond donors (Lipinski definition) is 4. The van der Waals surface area contributed by atoms with Crippen LogP contribution in [0.5, 0.6) is 0 Å². The standard InChI is InChI=1S/C26H45N3O7S/c1-4-8-21(27-24(31)11-16-37(34,35)29-12-14-36-15-13-29)26(33)28-22(18-20-9-6-5-7-10-20)25(32)23(30)17-19(2)3/h4,11,16,19-23,25,30,32H,1,5-10,12-15,17-18H2,2-3H3,(H,27,31)(H,28,33)/b16-11+/t21-,22-,23-,25+/m0/s1. The Morgan fingerprint density at radius 1 is 1.11 bits per heavy atom. The number of morpholine rings is 1. The van der Waals surface area contributed by atoms with Crippen molar-refractivity contribution in [3.8, 4) is 0 Å². The summed E-state index contributed by atoms with van der Waals surface area (Å²) in [5, 5.41) is 27.7. The molecule has 0 unspecified atom stereocenters. The lowest BCUT2D eigenvalue weighted by Gasteiger charge is -2.33. The van der Waals surface area contributed by atoms with E-state index < -0.39 is 46.1 Å². The molecular formula is C26H45N3O7S. The average Bonchev–Trinajstić information content (AvgIpc) is 2.87. The van der Waals surface area contributed by atoms with Gasteiger partial charge in [0.2, 0.25) is 21.8 Å². The minimum atomic E-state index is -3.78. The molecule has 2 aliphatic rings. The number of carbonyl (C=O) groups is 2. The third kappa shape index (κ3) is 10.8. The first-order valence-corrected chi connectivity index (χ1v) is 14.9. The number of nitrogens with one attached hydrogen (secondary N) is 2. The van der Waals surface area contributed by atoms with Crippen LogP contribution in [0.1, 0.15) is 65.2 Å². The molecule has 4 atom stereocenters. The van der Waals surface area contributed by atoms with E-state index in [0.29, 0.717) is 32.0 Å². The molecule has 1 saturated carbocycles. The normalized spacial score (nSPS) is 21.3. The lowest BCUT2D eigenvalue weighted by Crippen LogP contribution is -2.55. The smallest absolute Gasteiger partial charge is 0.245 e. The number of rotatable bonds is 14. The molecule has 37 heavy (non-hydrogen) atoms. The number of nitrogens with zero attached hydrogens (tertiary/aromatic N) is 1. The van der Waals surface area contributed by atoms with Gasteiger partial charge in [0.1, 0.15) is 12.1 Å². The molecule has 1 heterocycles. The van der Waals surface area contributed by atoms with E-state index >= 15 is 0 Å². The molecule has 212 valence electrons. The molecule has 10 nitrogen and oxygen atoms in total. The second-order valence-electron chi connectivity index (χ2n) is 10.5. The fraction of sp³-hybridized carbons (Fsp3) is 0.769. The fourth-order valence-electron chi connectivity index (χ4n) is 4.89. The summed E-state index contributed by atoms with van der Waals surface area (Å²) in [4.78, 5) is 25.7. The maximum atomic E-state index is 13.2. The molecule has 2 rings (SSSR count). The third-order valence-electron chi connectivity index (χ3n) is 6.92. The molecule has 11 heteroatoms. The molecule has 1 aliphatic heterocycles. The molecular weight excluding hydrogens is 498 g/mol. The zero-order valence-corrected chi connectivity index (χ0v) is 23.0. The fourth-order valence-corrected chi connectivity index (χ4v) is 6.02. The molecule has 0 aromatic rings. The summed E-state index contributed by atoms with van der Waals surface area (Å²) in [6, 6.07) is -1.69. The summed E-state index contributed by atoms with van der Waals surface area (Å²) in [6.45, 7) is 8.56. The molecule has 2 amide bonds. The molecule has 0 aromatic heterocycles. The van der Waals surface area contributed by atoms with Gasteiger partial charge in [0, 0.05) is 19.2 Å². The molecule has 0 radical (unpaired) electrons. The summed E-state index contributed by atoms with van der Waals surface area (Å²) >= 11 is 0. The highest BCUT2D eigenvalue weighted by molar-refractivity contribution is 7.92. The first-order chi connectivity index (χ1) is 17.5. The van der Waals surface area contributed by atoms with Gasteiger partial charge in [0.05, 0.1) is 30.8 Å².